The summed E-state index contributed by atoms with van der Waals surface area (Å²) in [5.74, 6) is 1.29. The Morgan fingerprint density at radius 1 is 0.923 bits per heavy atom. The van der Waals surface area contributed by atoms with E-state index in [1.54, 1.807) is 6.07 Å². The Bertz CT molecular complexity index is 777. The van der Waals surface area contributed by atoms with Crippen molar-refractivity contribution in [1.29, 1.82) is 0 Å². The Morgan fingerprint density at radius 3 is 2.19 bits per heavy atom. The highest BCUT2D eigenvalue weighted by Crippen LogP contribution is 2.23. The van der Waals surface area contributed by atoms with Crippen LogP contribution in [0.2, 0.25) is 0 Å². The highest BCUT2D eigenvalue weighted by atomic mass is 16.1. The van der Waals surface area contributed by atoms with Crippen LogP contribution in [-0.4, -0.2) is 42.1 Å². The van der Waals surface area contributed by atoms with E-state index in [-0.39, 0.29) is 5.91 Å². The molecule has 2 aliphatic rings. The first-order chi connectivity index (χ1) is 12.7. The summed E-state index contributed by atoms with van der Waals surface area (Å²) in [5.41, 5.74) is 2.43. The van der Waals surface area contributed by atoms with Crippen LogP contribution in [0.3, 0.4) is 0 Å². The molecule has 4 rings (SSSR count). The molecule has 6 nitrogen and oxygen atoms in total. The number of carbonyl (C=O) groups is 1. The van der Waals surface area contributed by atoms with Gasteiger partial charge in [-0.05, 0) is 56.9 Å². The van der Waals surface area contributed by atoms with Crippen molar-refractivity contribution in [2.24, 2.45) is 0 Å². The molecule has 6 heteroatoms. The number of aryl methyl sites for hydroxylation is 1. The summed E-state index contributed by atoms with van der Waals surface area (Å²) < 4.78 is 0. The summed E-state index contributed by atoms with van der Waals surface area (Å²) in [6.45, 7) is 6.06. The van der Waals surface area contributed by atoms with Crippen LogP contribution in [0.4, 0.5) is 17.2 Å². The summed E-state index contributed by atoms with van der Waals surface area (Å²) in [4.78, 5) is 26.1. The quantitative estimate of drug-likeness (QED) is 0.916. The van der Waals surface area contributed by atoms with Crippen molar-refractivity contribution in [3.8, 4) is 0 Å². The Morgan fingerprint density at radius 2 is 1.54 bits per heavy atom. The molecule has 0 aliphatic carbocycles. The lowest BCUT2D eigenvalue weighted by Gasteiger charge is -2.18. The Balaban J connectivity index is 1.47. The number of aromatic nitrogens is 2. The average molecular weight is 351 g/mol. The van der Waals surface area contributed by atoms with Gasteiger partial charge in [-0.15, -0.1) is 0 Å². The molecule has 0 spiro atoms. The van der Waals surface area contributed by atoms with Gasteiger partial charge in [0.1, 0.15) is 17.3 Å². The Labute approximate surface area is 154 Å². The zero-order chi connectivity index (χ0) is 17.9. The Hall–Kier alpha value is -2.63. The van der Waals surface area contributed by atoms with E-state index in [2.05, 4.69) is 37.2 Å². The van der Waals surface area contributed by atoms with E-state index in [9.17, 15) is 4.79 Å². The summed E-state index contributed by atoms with van der Waals surface area (Å²) in [5, 5.41) is 2.95. The molecule has 1 aromatic carbocycles. The van der Waals surface area contributed by atoms with Gasteiger partial charge < -0.3 is 15.1 Å². The topological polar surface area (TPSA) is 61.4 Å². The van der Waals surface area contributed by atoms with Gasteiger partial charge in [-0.3, -0.25) is 4.79 Å². The van der Waals surface area contributed by atoms with Crippen LogP contribution in [0.5, 0.6) is 0 Å². The monoisotopic (exact) mass is 351 g/mol. The maximum atomic E-state index is 12.6. The first-order valence-electron chi connectivity index (χ1n) is 9.46. The third kappa shape index (κ3) is 3.64. The van der Waals surface area contributed by atoms with Gasteiger partial charge in [0.25, 0.3) is 5.91 Å². The van der Waals surface area contributed by atoms with Crippen molar-refractivity contribution in [2.75, 3.05) is 41.3 Å². The second-order valence-corrected chi connectivity index (χ2v) is 7.05. The normalized spacial score (nSPS) is 17.0. The van der Waals surface area contributed by atoms with E-state index in [1.807, 2.05) is 19.1 Å². The number of nitrogens with zero attached hydrogens (tertiary/aromatic N) is 4. The molecule has 1 aromatic heterocycles. The smallest absolute Gasteiger partial charge is 0.274 e. The van der Waals surface area contributed by atoms with Crippen molar-refractivity contribution < 1.29 is 4.79 Å². The van der Waals surface area contributed by atoms with E-state index in [0.717, 1.165) is 37.7 Å². The standard InChI is InChI=1S/C20H25N5O/c1-15-21-18(14-19(22-15)25-12-4-5-13-25)20(26)23-16-6-8-17(9-7-16)24-10-2-3-11-24/h6-9,14H,2-5,10-13H2,1H3,(H,23,26). The molecule has 0 radical (unpaired) electrons. The third-order valence-electron chi connectivity index (χ3n) is 5.08. The number of benzene rings is 1. The van der Waals surface area contributed by atoms with Gasteiger partial charge in [0, 0.05) is 43.6 Å². The predicted molar refractivity (Wildman–Crippen MR) is 104 cm³/mol. The van der Waals surface area contributed by atoms with E-state index < -0.39 is 0 Å². The van der Waals surface area contributed by atoms with Crippen LogP contribution in [0.15, 0.2) is 30.3 Å². The molecule has 1 N–H and O–H groups in total. The van der Waals surface area contributed by atoms with Gasteiger partial charge in [0.05, 0.1) is 0 Å². The van der Waals surface area contributed by atoms with Gasteiger partial charge in [-0.2, -0.15) is 0 Å². The fraction of sp³-hybridized carbons (Fsp3) is 0.450. The lowest BCUT2D eigenvalue weighted by Crippen LogP contribution is -2.22. The lowest BCUT2D eigenvalue weighted by atomic mass is 10.2. The van der Waals surface area contributed by atoms with Crippen LogP contribution >= 0.6 is 0 Å². The van der Waals surface area contributed by atoms with Crippen LogP contribution < -0.4 is 15.1 Å². The molecule has 136 valence electrons. The fourth-order valence-electron chi connectivity index (χ4n) is 3.70. The number of hydrogen-bond donors (Lipinski definition) is 1. The number of anilines is 3. The van der Waals surface area contributed by atoms with E-state index >= 15 is 0 Å². The number of carbonyl (C=O) groups excluding carboxylic acids is 1. The molecule has 2 aromatic rings. The van der Waals surface area contributed by atoms with Crippen molar-refractivity contribution in [3.63, 3.8) is 0 Å². The van der Waals surface area contributed by atoms with Crippen molar-refractivity contribution in [2.45, 2.75) is 32.6 Å². The minimum Gasteiger partial charge on any atom is -0.372 e. The molecule has 0 unspecified atom stereocenters. The molecule has 0 atom stereocenters. The van der Waals surface area contributed by atoms with Crippen LogP contribution in [0.25, 0.3) is 0 Å². The molecule has 2 aliphatic heterocycles. The zero-order valence-electron chi connectivity index (χ0n) is 15.2. The molecule has 2 saturated heterocycles. The van der Waals surface area contributed by atoms with Crippen molar-refractivity contribution >= 4 is 23.1 Å². The molecule has 0 bridgehead atoms. The molecule has 26 heavy (non-hydrogen) atoms. The molecule has 0 saturated carbocycles. The van der Waals surface area contributed by atoms with Gasteiger partial charge in [-0.1, -0.05) is 0 Å². The molecular formula is C20H25N5O. The van der Waals surface area contributed by atoms with Gasteiger partial charge in [0.2, 0.25) is 0 Å². The van der Waals surface area contributed by atoms with Crippen molar-refractivity contribution in [1.82, 2.24) is 9.97 Å². The van der Waals surface area contributed by atoms with Crippen molar-refractivity contribution in [3.05, 3.63) is 41.9 Å². The summed E-state index contributed by atoms with van der Waals surface area (Å²) in [6.07, 6.45) is 4.86. The first kappa shape index (κ1) is 16.8. The molecule has 1 amide bonds. The second kappa shape index (κ2) is 7.32. The fourth-order valence-corrected chi connectivity index (χ4v) is 3.70. The van der Waals surface area contributed by atoms with Crippen LogP contribution in [0.1, 0.15) is 42.0 Å². The van der Waals surface area contributed by atoms with E-state index in [4.69, 9.17) is 0 Å². The number of rotatable bonds is 4. The summed E-state index contributed by atoms with van der Waals surface area (Å²) in [7, 11) is 0. The third-order valence-corrected chi connectivity index (χ3v) is 5.08. The first-order valence-corrected chi connectivity index (χ1v) is 9.46. The molecular weight excluding hydrogens is 326 g/mol. The zero-order valence-corrected chi connectivity index (χ0v) is 15.2. The van der Waals surface area contributed by atoms with Gasteiger partial charge >= 0.3 is 0 Å². The number of hydrogen-bond acceptors (Lipinski definition) is 5. The van der Waals surface area contributed by atoms with Crippen LogP contribution in [-0.2, 0) is 0 Å². The van der Waals surface area contributed by atoms with E-state index in [1.165, 1.54) is 31.4 Å². The SMILES string of the molecule is Cc1nc(C(=O)Nc2ccc(N3CCCC3)cc2)cc(N2CCCC2)n1. The predicted octanol–water partition coefficient (Wildman–Crippen LogP) is 3.24. The van der Waals surface area contributed by atoms with Gasteiger partial charge in [0.15, 0.2) is 0 Å². The second-order valence-electron chi connectivity index (χ2n) is 7.05. The average Bonchev–Trinajstić information content (AvgIpc) is 3.36. The maximum Gasteiger partial charge on any atom is 0.274 e. The number of nitrogens with one attached hydrogen (secondary N) is 1. The minimum atomic E-state index is -0.190. The molecule has 3 heterocycles. The van der Waals surface area contributed by atoms with E-state index in [0.29, 0.717) is 11.5 Å². The van der Waals surface area contributed by atoms with Crippen LogP contribution in [0, 0.1) is 6.92 Å². The summed E-state index contributed by atoms with van der Waals surface area (Å²) >= 11 is 0. The highest BCUT2D eigenvalue weighted by Gasteiger charge is 2.18. The maximum absolute atomic E-state index is 12.6. The lowest BCUT2D eigenvalue weighted by molar-refractivity contribution is 0.102. The summed E-state index contributed by atoms with van der Waals surface area (Å²) in [6, 6.07) is 9.86. The molecule has 2 fully saturated rings. The minimum absolute atomic E-state index is 0.190. The van der Waals surface area contributed by atoms with Gasteiger partial charge in [-0.25, -0.2) is 9.97 Å². The Kier molecular flexibility index (Phi) is 4.73. The number of amides is 1. The highest BCUT2D eigenvalue weighted by molar-refractivity contribution is 6.03. The largest absolute Gasteiger partial charge is 0.372 e.